The minimum absolute atomic E-state index is 0.423. The van der Waals surface area contributed by atoms with Gasteiger partial charge in [0.05, 0.1) is 17.6 Å². The van der Waals surface area contributed by atoms with Gasteiger partial charge in [-0.3, -0.25) is 4.79 Å². The van der Waals surface area contributed by atoms with Gasteiger partial charge in [0.2, 0.25) is 0 Å². The number of hydrogen-bond acceptors (Lipinski definition) is 3. The van der Waals surface area contributed by atoms with Crippen molar-refractivity contribution >= 4 is 11.7 Å². The Kier molecular flexibility index (Phi) is 5.37. The van der Waals surface area contributed by atoms with Crippen molar-refractivity contribution in [3.63, 3.8) is 0 Å². The molecular formula is C15H20N2O2. The smallest absolute Gasteiger partial charge is 0.308 e. The molecule has 0 aromatic heterocycles. The van der Waals surface area contributed by atoms with E-state index in [4.69, 9.17) is 10.4 Å². The van der Waals surface area contributed by atoms with Crippen molar-refractivity contribution in [1.82, 2.24) is 0 Å². The summed E-state index contributed by atoms with van der Waals surface area (Å²) in [5, 5.41) is 18.0. The molecule has 1 aromatic carbocycles. The lowest BCUT2D eigenvalue weighted by molar-refractivity contribution is -0.140. The molecule has 0 radical (unpaired) electrons. The molecule has 102 valence electrons. The van der Waals surface area contributed by atoms with Gasteiger partial charge in [-0.2, -0.15) is 5.26 Å². The number of rotatable bonds is 6. The third-order valence-corrected chi connectivity index (χ3v) is 2.84. The highest BCUT2D eigenvalue weighted by molar-refractivity contribution is 5.70. The van der Waals surface area contributed by atoms with Gasteiger partial charge in [-0.1, -0.05) is 26.8 Å². The molecule has 1 unspecified atom stereocenters. The number of hydrogen-bond donors (Lipinski definition) is 1. The monoisotopic (exact) mass is 260 g/mol. The zero-order valence-electron chi connectivity index (χ0n) is 11.6. The Hall–Kier alpha value is -2.02. The number of benzene rings is 1. The number of nitrogens with zero attached hydrogens (tertiary/aromatic N) is 2. The van der Waals surface area contributed by atoms with E-state index in [1.54, 1.807) is 19.1 Å². The standard InChI is InChI=1S/C15H20N2O2/c1-11(2)9-17(10-12(3)15(18)19)14-6-4-5-13(7-14)8-16/h4-7,11-12H,9-10H2,1-3H3,(H,18,19). The van der Waals surface area contributed by atoms with Gasteiger partial charge in [0.1, 0.15) is 0 Å². The van der Waals surface area contributed by atoms with E-state index in [-0.39, 0.29) is 0 Å². The molecule has 0 heterocycles. The van der Waals surface area contributed by atoms with Gasteiger partial charge in [-0.05, 0) is 24.1 Å². The van der Waals surface area contributed by atoms with Crippen LogP contribution in [0.25, 0.3) is 0 Å². The van der Waals surface area contributed by atoms with Crippen molar-refractivity contribution < 1.29 is 9.90 Å². The van der Waals surface area contributed by atoms with Crippen molar-refractivity contribution in [2.45, 2.75) is 20.8 Å². The fraction of sp³-hybridized carbons (Fsp3) is 0.467. The number of aliphatic carboxylic acids is 1. The average molecular weight is 260 g/mol. The molecule has 0 fully saturated rings. The van der Waals surface area contributed by atoms with E-state index >= 15 is 0 Å². The van der Waals surface area contributed by atoms with Crippen molar-refractivity contribution in [3.05, 3.63) is 29.8 Å². The highest BCUT2D eigenvalue weighted by atomic mass is 16.4. The maximum absolute atomic E-state index is 11.0. The van der Waals surface area contributed by atoms with Gasteiger partial charge in [0.25, 0.3) is 0 Å². The SMILES string of the molecule is CC(C)CN(CC(C)C(=O)O)c1cccc(C#N)c1. The summed E-state index contributed by atoms with van der Waals surface area (Å²) in [6, 6.07) is 9.40. The first-order valence-corrected chi connectivity index (χ1v) is 6.42. The third-order valence-electron chi connectivity index (χ3n) is 2.84. The molecular weight excluding hydrogens is 240 g/mol. The number of carbonyl (C=O) groups is 1. The molecule has 4 heteroatoms. The lowest BCUT2D eigenvalue weighted by Crippen LogP contribution is -2.34. The van der Waals surface area contributed by atoms with Crippen LogP contribution >= 0.6 is 0 Å². The number of nitriles is 1. The van der Waals surface area contributed by atoms with Crippen LogP contribution in [-0.4, -0.2) is 24.2 Å². The molecule has 1 N–H and O–H groups in total. The summed E-state index contributed by atoms with van der Waals surface area (Å²) in [7, 11) is 0. The van der Waals surface area contributed by atoms with Crippen LogP contribution < -0.4 is 4.90 Å². The second-order valence-electron chi connectivity index (χ2n) is 5.20. The molecule has 4 nitrogen and oxygen atoms in total. The molecule has 0 saturated carbocycles. The molecule has 1 aromatic rings. The third kappa shape index (κ3) is 4.63. The van der Waals surface area contributed by atoms with Crippen molar-refractivity contribution in [2.24, 2.45) is 11.8 Å². The second kappa shape index (κ2) is 6.79. The van der Waals surface area contributed by atoms with E-state index in [0.717, 1.165) is 12.2 Å². The van der Waals surface area contributed by atoms with Gasteiger partial charge in [-0.25, -0.2) is 0 Å². The first-order chi connectivity index (χ1) is 8.93. The fourth-order valence-electron chi connectivity index (χ4n) is 1.91. The average Bonchev–Trinajstić information content (AvgIpc) is 2.37. The van der Waals surface area contributed by atoms with E-state index in [0.29, 0.717) is 18.0 Å². The Labute approximate surface area is 114 Å². The Balaban J connectivity index is 2.95. The van der Waals surface area contributed by atoms with Crippen molar-refractivity contribution in [1.29, 1.82) is 5.26 Å². The van der Waals surface area contributed by atoms with Crippen LogP contribution in [0.3, 0.4) is 0 Å². The number of carboxylic acid groups (broad SMARTS) is 1. The first kappa shape index (κ1) is 15.0. The molecule has 0 aliphatic carbocycles. The normalized spacial score (nSPS) is 11.9. The Morgan fingerprint density at radius 2 is 2.05 bits per heavy atom. The molecule has 19 heavy (non-hydrogen) atoms. The van der Waals surface area contributed by atoms with Crippen LogP contribution in [0.15, 0.2) is 24.3 Å². The quantitative estimate of drug-likeness (QED) is 0.854. The summed E-state index contributed by atoms with van der Waals surface area (Å²) in [6.07, 6.45) is 0. The van der Waals surface area contributed by atoms with Crippen LogP contribution in [0, 0.1) is 23.2 Å². The lowest BCUT2D eigenvalue weighted by atomic mass is 10.1. The Morgan fingerprint density at radius 1 is 1.37 bits per heavy atom. The van der Waals surface area contributed by atoms with Crippen LogP contribution in [0.4, 0.5) is 5.69 Å². The van der Waals surface area contributed by atoms with E-state index in [1.807, 2.05) is 17.0 Å². The summed E-state index contributed by atoms with van der Waals surface area (Å²) in [6.45, 7) is 7.10. The molecule has 1 atom stereocenters. The highest BCUT2D eigenvalue weighted by Gasteiger charge is 2.17. The summed E-state index contributed by atoms with van der Waals surface area (Å²) in [5.41, 5.74) is 1.50. The fourth-order valence-corrected chi connectivity index (χ4v) is 1.91. The van der Waals surface area contributed by atoms with Crippen LogP contribution in [0.5, 0.6) is 0 Å². The van der Waals surface area contributed by atoms with Crippen LogP contribution in [0.1, 0.15) is 26.3 Å². The lowest BCUT2D eigenvalue weighted by Gasteiger charge is -2.28. The van der Waals surface area contributed by atoms with Crippen molar-refractivity contribution in [2.75, 3.05) is 18.0 Å². The van der Waals surface area contributed by atoms with Gasteiger partial charge in [0, 0.05) is 18.8 Å². The molecule has 0 amide bonds. The predicted molar refractivity (Wildman–Crippen MR) is 75.0 cm³/mol. The van der Waals surface area contributed by atoms with Gasteiger partial charge >= 0.3 is 5.97 Å². The molecule has 0 saturated heterocycles. The van der Waals surface area contributed by atoms with E-state index in [1.165, 1.54) is 0 Å². The number of anilines is 1. The molecule has 0 bridgehead atoms. The zero-order chi connectivity index (χ0) is 14.4. The second-order valence-corrected chi connectivity index (χ2v) is 5.20. The van der Waals surface area contributed by atoms with Gasteiger partial charge in [-0.15, -0.1) is 0 Å². The van der Waals surface area contributed by atoms with E-state index < -0.39 is 11.9 Å². The van der Waals surface area contributed by atoms with Crippen LogP contribution in [0.2, 0.25) is 0 Å². The van der Waals surface area contributed by atoms with Gasteiger partial charge < -0.3 is 10.0 Å². The summed E-state index contributed by atoms with van der Waals surface area (Å²) >= 11 is 0. The maximum atomic E-state index is 11.0. The largest absolute Gasteiger partial charge is 0.481 e. The van der Waals surface area contributed by atoms with E-state index in [2.05, 4.69) is 19.9 Å². The highest BCUT2D eigenvalue weighted by Crippen LogP contribution is 2.19. The van der Waals surface area contributed by atoms with Crippen LogP contribution in [-0.2, 0) is 4.79 Å². The van der Waals surface area contributed by atoms with Crippen molar-refractivity contribution in [3.8, 4) is 6.07 Å². The topological polar surface area (TPSA) is 64.3 Å². The summed E-state index contributed by atoms with van der Waals surface area (Å²) in [5.74, 6) is -0.818. The van der Waals surface area contributed by atoms with Gasteiger partial charge in [0.15, 0.2) is 0 Å². The molecule has 0 spiro atoms. The number of carboxylic acids is 1. The molecule has 0 aliphatic heterocycles. The minimum atomic E-state index is -0.801. The minimum Gasteiger partial charge on any atom is -0.481 e. The Morgan fingerprint density at radius 3 is 2.58 bits per heavy atom. The first-order valence-electron chi connectivity index (χ1n) is 6.42. The summed E-state index contributed by atoms with van der Waals surface area (Å²) in [4.78, 5) is 13.0. The van der Waals surface area contributed by atoms with E-state index in [9.17, 15) is 4.79 Å². The predicted octanol–water partition coefficient (Wildman–Crippen LogP) is 2.74. The Bertz CT molecular complexity index is 477. The molecule has 1 rings (SSSR count). The molecule has 0 aliphatic rings. The maximum Gasteiger partial charge on any atom is 0.308 e. The zero-order valence-corrected chi connectivity index (χ0v) is 11.6. The summed E-state index contributed by atoms with van der Waals surface area (Å²) < 4.78 is 0.